The van der Waals surface area contributed by atoms with Crippen LogP contribution in [-0.4, -0.2) is 24.5 Å². The van der Waals surface area contributed by atoms with Crippen molar-refractivity contribution < 1.29 is 37.2 Å². The Balaban J connectivity index is 0.000000257. The zero-order valence-electron chi connectivity index (χ0n) is 43.7. The number of aryl methyl sites for hydroxylation is 2. The van der Waals surface area contributed by atoms with Crippen molar-refractivity contribution in [2.24, 2.45) is 0 Å². The van der Waals surface area contributed by atoms with E-state index < -0.39 is 13.7 Å². The van der Waals surface area contributed by atoms with Crippen LogP contribution in [0.25, 0.3) is 94.4 Å². The summed E-state index contributed by atoms with van der Waals surface area (Å²) in [6.45, 7) is 10.6. The fourth-order valence-electron chi connectivity index (χ4n) is 8.67. The topological polar surface area (TPSA) is 82.8 Å². The Kier molecular flexibility index (Phi) is 9.98. The molecule has 331 valence electrons. The van der Waals surface area contributed by atoms with Gasteiger partial charge in [-0.25, -0.2) is 4.98 Å². The van der Waals surface area contributed by atoms with Crippen molar-refractivity contribution in [3.63, 3.8) is 0 Å². The van der Waals surface area contributed by atoms with Crippen LogP contribution in [0.2, 0.25) is 0 Å². The monoisotopic (exact) mass is 1050 g/mol. The van der Waals surface area contributed by atoms with E-state index in [2.05, 4.69) is 159 Å². The average molecular weight is 1050 g/mol. The standard InChI is InChI=1S/C43H34N3O2.C15H17N2.Ir/c1-24(2)34-22-29(27-12-7-6-8-13-27)23-35(25(3)4)39(34)46-40-30-15-10-9-14-28(30)18-20-36(40)45-43(46)33-17-11-16-31-32-19-21-37-38(44-26(5)47-37)42(32)48-41(31)33;1-11-5-7-12(8-6-11)14-16-10-9-13(17-14)15(2,3)4;/h6-16,18-25H,1-5H3;5-7,9-10H,1-4H3;/q2*-1;/i5D3;1D3;. The van der Waals surface area contributed by atoms with Gasteiger partial charge < -0.3 is 13.4 Å². The van der Waals surface area contributed by atoms with E-state index in [0.29, 0.717) is 45.0 Å². The van der Waals surface area contributed by atoms with Gasteiger partial charge in [0.1, 0.15) is 0 Å². The van der Waals surface area contributed by atoms with Crippen molar-refractivity contribution >= 4 is 54.8 Å². The molecule has 11 rings (SSSR count). The van der Waals surface area contributed by atoms with Crippen LogP contribution in [0.3, 0.4) is 0 Å². The largest absolute Gasteiger partial charge is 0.498 e. The number of rotatable bonds is 6. The van der Waals surface area contributed by atoms with Gasteiger partial charge in [0.2, 0.25) is 0 Å². The number of imidazole rings is 1. The zero-order chi connectivity index (χ0) is 50.1. The van der Waals surface area contributed by atoms with Crippen LogP contribution in [0.1, 0.15) is 96.8 Å². The molecule has 4 heterocycles. The molecule has 0 spiro atoms. The van der Waals surface area contributed by atoms with E-state index in [4.69, 9.17) is 22.0 Å². The quantitative estimate of drug-likeness (QED) is 0.154. The van der Waals surface area contributed by atoms with Crippen LogP contribution < -0.4 is 0 Å². The molecule has 0 aliphatic carbocycles. The SMILES string of the molecule is [2H]C([2H])([2H])c1c[c-]c(-c2nccc(C(C)(C)C)n2)cc1.[2H]C([2H])([2H])c1nc2c(ccc3c4cc[c-]c(-c5nc6ccc7ccccc7c6n5-c5c(C(C)C)cc(-c6ccccc6)cc5C(C)C)c4oc32)o1.[Ir]. The summed E-state index contributed by atoms with van der Waals surface area (Å²) in [6.07, 6.45) is 1.72. The normalized spacial score (nSPS) is 13.6. The number of furan rings is 1. The van der Waals surface area contributed by atoms with E-state index in [-0.39, 0.29) is 48.8 Å². The molecule has 66 heavy (non-hydrogen) atoms. The number of hydrogen-bond donors (Lipinski definition) is 0. The Hall–Kier alpha value is -6.73. The van der Waals surface area contributed by atoms with E-state index in [1.54, 1.807) is 24.4 Å². The molecule has 1 radical (unpaired) electrons. The van der Waals surface area contributed by atoms with Crippen LogP contribution in [0, 0.1) is 25.8 Å². The van der Waals surface area contributed by atoms with Gasteiger partial charge in [-0.1, -0.05) is 127 Å². The smallest absolute Gasteiger partial charge is 0.192 e. The van der Waals surface area contributed by atoms with Crippen LogP contribution in [0.5, 0.6) is 0 Å². The zero-order valence-corrected chi connectivity index (χ0v) is 40.1. The first kappa shape index (κ1) is 37.5. The van der Waals surface area contributed by atoms with Crippen LogP contribution in [-0.2, 0) is 25.5 Å². The van der Waals surface area contributed by atoms with Crippen molar-refractivity contribution in [2.45, 2.75) is 79.4 Å². The third kappa shape index (κ3) is 8.03. The van der Waals surface area contributed by atoms with Gasteiger partial charge in [-0.3, -0.25) is 15.0 Å². The van der Waals surface area contributed by atoms with Gasteiger partial charge >= 0.3 is 0 Å². The van der Waals surface area contributed by atoms with Crippen molar-refractivity contribution in [3.05, 3.63) is 174 Å². The maximum atomic E-state index is 7.87. The van der Waals surface area contributed by atoms with Gasteiger partial charge in [0, 0.05) is 68.9 Å². The number of fused-ring (bicyclic) bond motifs is 8. The molecule has 0 fully saturated rings. The predicted octanol–water partition coefficient (Wildman–Crippen LogP) is 15.5. The molecule has 0 aliphatic rings. The van der Waals surface area contributed by atoms with Crippen LogP contribution in [0.4, 0.5) is 0 Å². The molecule has 0 bridgehead atoms. The molecule has 8 heteroatoms. The molecule has 0 aliphatic heterocycles. The minimum Gasteiger partial charge on any atom is -0.498 e. The minimum absolute atomic E-state index is 0. The first-order valence-corrected chi connectivity index (χ1v) is 21.9. The second-order valence-electron chi connectivity index (χ2n) is 18.1. The molecule has 4 aromatic heterocycles. The van der Waals surface area contributed by atoms with Crippen molar-refractivity contribution in [1.29, 1.82) is 0 Å². The maximum Gasteiger partial charge on any atom is 0.192 e. The Morgan fingerprint density at radius 2 is 1.44 bits per heavy atom. The molecule has 11 aromatic rings. The number of benzene rings is 7. The van der Waals surface area contributed by atoms with Crippen molar-refractivity contribution in [1.82, 2.24) is 24.5 Å². The summed E-state index contributed by atoms with van der Waals surface area (Å²) in [5.74, 6) is 1.35. The number of nitrogens with zero attached hydrogens (tertiary/aromatic N) is 5. The summed E-state index contributed by atoms with van der Waals surface area (Å²) >= 11 is 0. The first-order valence-electron chi connectivity index (χ1n) is 24.9. The Bertz CT molecular complexity index is 3760. The summed E-state index contributed by atoms with van der Waals surface area (Å²) in [6, 6.07) is 48.5. The van der Waals surface area contributed by atoms with Gasteiger partial charge in [0.15, 0.2) is 22.6 Å². The van der Waals surface area contributed by atoms with E-state index in [9.17, 15) is 0 Å². The van der Waals surface area contributed by atoms with Gasteiger partial charge in [-0.15, -0.1) is 53.6 Å². The van der Waals surface area contributed by atoms with Crippen LogP contribution >= 0.6 is 0 Å². The first-order chi connectivity index (χ1) is 33.8. The van der Waals surface area contributed by atoms with E-state index >= 15 is 0 Å². The molecule has 0 amide bonds. The fraction of sp³-hybridized carbons (Fsp3) is 0.207. The Labute approximate surface area is 407 Å². The van der Waals surface area contributed by atoms with Crippen LogP contribution in [0.15, 0.2) is 142 Å². The van der Waals surface area contributed by atoms with E-state index in [0.717, 1.165) is 44.0 Å². The molecular weight excluding hydrogens is 991 g/mol. The van der Waals surface area contributed by atoms with Gasteiger partial charge in [0.25, 0.3) is 0 Å². The fourth-order valence-corrected chi connectivity index (χ4v) is 8.67. The van der Waals surface area contributed by atoms with Gasteiger partial charge in [-0.05, 0) is 75.9 Å². The van der Waals surface area contributed by atoms with Gasteiger partial charge in [0.05, 0.1) is 28.3 Å². The van der Waals surface area contributed by atoms with Crippen molar-refractivity contribution in [2.75, 3.05) is 0 Å². The summed E-state index contributed by atoms with van der Waals surface area (Å²) in [4.78, 5) is 18.5. The second kappa shape index (κ2) is 17.6. The van der Waals surface area contributed by atoms with E-state index in [1.807, 2.05) is 24.3 Å². The number of aromatic nitrogens is 5. The third-order valence-corrected chi connectivity index (χ3v) is 11.9. The predicted molar refractivity (Wildman–Crippen MR) is 266 cm³/mol. The maximum absolute atomic E-state index is 7.87. The van der Waals surface area contributed by atoms with Crippen molar-refractivity contribution in [3.8, 4) is 39.6 Å². The summed E-state index contributed by atoms with van der Waals surface area (Å²) in [5, 5.41) is 3.89. The molecule has 0 atom stereocenters. The molecular formula is C58H51IrN5O2-2. The molecule has 0 saturated heterocycles. The minimum atomic E-state index is -2.48. The molecule has 0 saturated carbocycles. The third-order valence-electron chi connectivity index (χ3n) is 11.9. The summed E-state index contributed by atoms with van der Waals surface area (Å²) in [5.41, 5.74) is 12.1. The summed E-state index contributed by atoms with van der Waals surface area (Å²) < 4.78 is 60.3. The average Bonchev–Trinajstić information content (AvgIpc) is 4.08. The van der Waals surface area contributed by atoms with Gasteiger partial charge in [-0.2, -0.15) is 0 Å². The molecule has 7 nitrogen and oxygen atoms in total. The van der Waals surface area contributed by atoms with E-state index in [1.165, 1.54) is 28.3 Å². The second-order valence-corrected chi connectivity index (χ2v) is 18.1. The summed E-state index contributed by atoms with van der Waals surface area (Å²) in [7, 11) is 0. The molecule has 7 aromatic carbocycles. The number of oxazole rings is 1. The Morgan fingerprint density at radius 3 is 2.15 bits per heavy atom. The Morgan fingerprint density at radius 1 is 0.682 bits per heavy atom. The molecule has 0 N–H and O–H groups in total. The number of hydrogen-bond acceptors (Lipinski definition) is 6. The molecule has 0 unspecified atom stereocenters.